The first-order valence-electron chi connectivity index (χ1n) is 9.67. The molecule has 1 aromatic carbocycles. The van der Waals surface area contributed by atoms with Crippen LogP contribution in [0.3, 0.4) is 0 Å². The predicted molar refractivity (Wildman–Crippen MR) is 105 cm³/mol. The number of benzene rings is 1. The molecule has 28 heavy (non-hydrogen) atoms. The molecule has 1 N–H and O–H groups in total. The lowest BCUT2D eigenvalue weighted by Gasteiger charge is -2.22. The highest BCUT2D eigenvalue weighted by Crippen LogP contribution is 2.36. The third-order valence-corrected chi connectivity index (χ3v) is 6.48. The lowest BCUT2D eigenvalue weighted by molar-refractivity contribution is -0.122. The van der Waals surface area contributed by atoms with Crippen molar-refractivity contribution in [3.8, 4) is 11.5 Å². The molecule has 0 bridgehead atoms. The molecular formula is C20H21N3O4S. The van der Waals surface area contributed by atoms with E-state index in [1.54, 1.807) is 16.2 Å². The van der Waals surface area contributed by atoms with Crippen molar-refractivity contribution in [2.24, 2.45) is 5.92 Å². The number of anilines is 2. The molecule has 0 radical (unpaired) electrons. The van der Waals surface area contributed by atoms with Gasteiger partial charge in [-0.15, -0.1) is 11.3 Å². The van der Waals surface area contributed by atoms with Crippen LogP contribution in [0.5, 0.6) is 11.5 Å². The van der Waals surface area contributed by atoms with Crippen molar-refractivity contribution >= 4 is 34.0 Å². The van der Waals surface area contributed by atoms with Gasteiger partial charge in [0.2, 0.25) is 11.8 Å². The van der Waals surface area contributed by atoms with Gasteiger partial charge in [0.05, 0.1) is 11.6 Å². The lowest BCUT2D eigenvalue weighted by Crippen LogP contribution is -2.28. The summed E-state index contributed by atoms with van der Waals surface area (Å²) < 4.78 is 11.1. The molecule has 1 aliphatic carbocycles. The topological polar surface area (TPSA) is 80.8 Å². The molecule has 2 aliphatic heterocycles. The minimum absolute atomic E-state index is 0.0599. The summed E-state index contributed by atoms with van der Waals surface area (Å²) in [6.45, 7) is 1.38. The average Bonchev–Trinajstić information content (AvgIpc) is 3.30. The first kappa shape index (κ1) is 17.5. The summed E-state index contributed by atoms with van der Waals surface area (Å²) in [5, 5.41) is 3.58. The van der Waals surface area contributed by atoms with E-state index < -0.39 is 0 Å². The molecular weight excluding hydrogens is 378 g/mol. The monoisotopic (exact) mass is 399 g/mol. The summed E-state index contributed by atoms with van der Waals surface area (Å²) in [7, 11) is 0. The Kier molecular flexibility index (Phi) is 4.43. The molecule has 8 heteroatoms. The van der Waals surface area contributed by atoms with E-state index in [2.05, 4.69) is 10.3 Å². The van der Waals surface area contributed by atoms with Gasteiger partial charge >= 0.3 is 0 Å². The Morgan fingerprint density at radius 2 is 2.00 bits per heavy atom. The number of nitrogens with one attached hydrogen (secondary N) is 1. The Hall–Kier alpha value is -2.61. The summed E-state index contributed by atoms with van der Waals surface area (Å²) in [6, 6.07) is 5.45. The summed E-state index contributed by atoms with van der Waals surface area (Å²) in [5.41, 5.74) is 1.85. The second-order valence-electron chi connectivity index (χ2n) is 7.32. The number of hydrogen-bond donors (Lipinski definition) is 1. The van der Waals surface area contributed by atoms with Crippen LogP contribution in [0.1, 0.15) is 29.8 Å². The van der Waals surface area contributed by atoms with Gasteiger partial charge in [-0.1, -0.05) is 0 Å². The van der Waals surface area contributed by atoms with Gasteiger partial charge in [0, 0.05) is 29.6 Å². The Morgan fingerprint density at radius 1 is 1.18 bits per heavy atom. The first-order chi connectivity index (χ1) is 13.7. The quantitative estimate of drug-likeness (QED) is 0.858. The molecule has 0 saturated carbocycles. The van der Waals surface area contributed by atoms with Gasteiger partial charge in [0.1, 0.15) is 13.2 Å². The van der Waals surface area contributed by atoms with Crippen LogP contribution in [0.15, 0.2) is 18.2 Å². The molecule has 0 unspecified atom stereocenters. The zero-order valence-corrected chi connectivity index (χ0v) is 16.2. The molecule has 5 rings (SSSR count). The van der Waals surface area contributed by atoms with Crippen LogP contribution in [0.25, 0.3) is 0 Å². The highest BCUT2D eigenvalue weighted by molar-refractivity contribution is 7.15. The number of aryl methyl sites for hydroxylation is 2. The van der Waals surface area contributed by atoms with Gasteiger partial charge in [-0.05, 0) is 37.8 Å². The Bertz CT molecular complexity index is 918. The molecule has 1 aromatic heterocycles. The number of hydrogen-bond acceptors (Lipinski definition) is 6. The van der Waals surface area contributed by atoms with Crippen LogP contribution < -0.4 is 19.7 Å². The maximum absolute atomic E-state index is 12.7. The van der Waals surface area contributed by atoms with Crippen LogP contribution >= 0.6 is 11.3 Å². The zero-order valence-electron chi connectivity index (χ0n) is 15.4. The number of carbonyl (C=O) groups excluding carboxylic acids is 2. The van der Waals surface area contributed by atoms with Gasteiger partial charge in [-0.3, -0.25) is 9.59 Å². The number of fused-ring (bicyclic) bond motifs is 2. The molecule has 1 fully saturated rings. The van der Waals surface area contributed by atoms with E-state index in [1.165, 1.54) is 11.3 Å². The first-order valence-corrected chi connectivity index (χ1v) is 10.5. The SMILES string of the molecule is O=C(Nc1nc2c(s1)CCCC2)[C@H]1CC(=O)N(c2ccc3c(c2)OCCO3)C1. The molecule has 2 aromatic rings. The number of nitrogens with zero attached hydrogens (tertiary/aromatic N) is 2. The van der Waals surface area contributed by atoms with E-state index in [9.17, 15) is 9.59 Å². The predicted octanol–water partition coefficient (Wildman–Crippen LogP) is 2.78. The van der Waals surface area contributed by atoms with Gasteiger partial charge in [0.15, 0.2) is 16.6 Å². The smallest absolute Gasteiger partial charge is 0.231 e. The number of carbonyl (C=O) groups is 2. The van der Waals surface area contributed by atoms with E-state index >= 15 is 0 Å². The van der Waals surface area contributed by atoms with Crippen LogP contribution in [0.2, 0.25) is 0 Å². The lowest BCUT2D eigenvalue weighted by atomic mass is 10.0. The van der Waals surface area contributed by atoms with Crippen molar-refractivity contribution < 1.29 is 19.1 Å². The van der Waals surface area contributed by atoms with Crippen molar-refractivity contribution in [1.29, 1.82) is 0 Å². The summed E-state index contributed by atoms with van der Waals surface area (Å²) >= 11 is 1.56. The zero-order chi connectivity index (χ0) is 19.1. The largest absolute Gasteiger partial charge is 0.486 e. The van der Waals surface area contributed by atoms with Crippen LogP contribution in [0.4, 0.5) is 10.8 Å². The minimum Gasteiger partial charge on any atom is -0.486 e. The van der Waals surface area contributed by atoms with Gasteiger partial charge in [-0.2, -0.15) is 0 Å². The molecule has 2 amide bonds. The van der Waals surface area contributed by atoms with Crippen molar-refractivity contribution in [3.05, 3.63) is 28.8 Å². The fourth-order valence-corrected chi connectivity index (χ4v) is 5.00. The number of rotatable bonds is 3. The van der Waals surface area contributed by atoms with Gasteiger partial charge in [-0.25, -0.2) is 4.98 Å². The maximum atomic E-state index is 12.7. The highest BCUT2D eigenvalue weighted by Gasteiger charge is 2.36. The van der Waals surface area contributed by atoms with Crippen LogP contribution in [-0.4, -0.2) is 36.6 Å². The van der Waals surface area contributed by atoms with Crippen molar-refractivity contribution in [1.82, 2.24) is 4.98 Å². The van der Waals surface area contributed by atoms with Crippen molar-refractivity contribution in [3.63, 3.8) is 0 Å². The fraction of sp³-hybridized carbons (Fsp3) is 0.450. The normalized spacial score (nSPS) is 20.8. The Morgan fingerprint density at radius 3 is 2.86 bits per heavy atom. The highest BCUT2D eigenvalue weighted by atomic mass is 32.1. The second kappa shape index (κ2) is 7.09. The molecule has 1 saturated heterocycles. The number of amides is 2. The van der Waals surface area contributed by atoms with E-state index in [4.69, 9.17) is 9.47 Å². The van der Waals surface area contributed by atoms with Crippen molar-refractivity contribution in [2.75, 3.05) is 30.0 Å². The summed E-state index contributed by atoms with van der Waals surface area (Å²) in [4.78, 5) is 32.7. The molecule has 146 valence electrons. The Labute approximate surface area is 166 Å². The average molecular weight is 399 g/mol. The summed E-state index contributed by atoms with van der Waals surface area (Å²) in [6.07, 6.45) is 4.57. The molecule has 7 nitrogen and oxygen atoms in total. The van der Waals surface area contributed by atoms with E-state index in [1.807, 2.05) is 18.2 Å². The molecule has 3 heterocycles. The number of aromatic nitrogens is 1. The summed E-state index contributed by atoms with van der Waals surface area (Å²) in [5.74, 6) is 0.734. The number of ether oxygens (including phenoxy) is 2. The van der Waals surface area contributed by atoms with Crippen LogP contribution in [0, 0.1) is 5.92 Å². The van der Waals surface area contributed by atoms with E-state index in [0.717, 1.165) is 30.6 Å². The van der Waals surface area contributed by atoms with E-state index in [0.29, 0.717) is 36.4 Å². The molecule has 3 aliphatic rings. The second-order valence-corrected chi connectivity index (χ2v) is 8.40. The minimum atomic E-state index is -0.387. The maximum Gasteiger partial charge on any atom is 0.231 e. The molecule has 0 spiro atoms. The Balaban J connectivity index is 1.28. The van der Waals surface area contributed by atoms with Gasteiger partial charge < -0.3 is 19.7 Å². The fourth-order valence-electron chi connectivity index (χ4n) is 3.95. The van der Waals surface area contributed by atoms with E-state index in [-0.39, 0.29) is 24.2 Å². The van der Waals surface area contributed by atoms with Gasteiger partial charge in [0.25, 0.3) is 0 Å². The standard InChI is InChI=1S/C20H21N3O4S/c24-18-9-12(19(25)22-20-21-14-3-1-2-4-17(14)28-20)11-23(18)13-5-6-15-16(10-13)27-8-7-26-15/h5-6,10,12H,1-4,7-9,11H2,(H,21,22,25)/t12-/m0/s1. The van der Waals surface area contributed by atoms with Crippen molar-refractivity contribution in [2.45, 2.75) is 32.1 Å². The third-order valence-electron chi connectivity index (χ3n) is 5.41. The number of thiazole rings is 1. The third kappa shape index (κ3) is 3.22. The molecule has 1 atom stereocenters. The van der Waals surface area contributed by atoms with Crippen LogP contribution in [-0.2, 0) is 22.4 Å².